The molecule has 6 nitrogen and oxygen atoms in total. The van der Waals surface area contributed by atoms with Crippen molar-refractivity contribution in [1.82, 2.24) is 9.80 Å². The summed E-state index contributed by atoms with van der Waals surface area (Å²) in [4.78, 5) is 27.0. The van der Waals surface area contributed by atoms with E-state index in [1.54, 1.807) is 17.0 Å². The molecule has 1 heterocycles. The maximum atomic E-state index is 11.6. The van der Waals surface area contributed by atoms with Crippen molar-refractivity contribution in [2.75, 3.05) is 39.9 Å². The molecule has 1 aliphatic rings. The van der Waals surface area contributed by atoms with Gasteiger partial charge in [-0.1, -0.05) is 12.1 Å². The van der Waals surface area contributed by atoms with Crippen molar-refractivity contribution in [1.29, 1.82) is 0 Å². The van der Waals surface area contributed by atoms with Crippen LogP contribution in [-0.4, -0.2) is 61.8 Å². The van der Waals surface area contributed by atoms with E-state index in [-0.39, 0.29) is 12.1 Å². The molecule has 0 radical (unpaired) electrons. The van der Waals surface area contributed by atoms with Crippen LogP contribution in [0.2, 0.25) is 0 Å². The second-order valence-electron chi connectivity index (χ2n) is 5.15. The van der Waals surface area contributed by atoms with E-state index in [1.807, 2.05) is 19.1 Å². The number of hydrogen-bond acceptors (Lipinski definition) is 5. The Bertz CT molecular complexity index is 507. The number of benzene rings is 1. The average Bonchev–Trinajstić information content (AvgIpc) is 2.55. The smallest absolute Gasteiger partial charge is 0.409 e. The number of amides is 1. The standard InChI is InChI=1S/C16H22N2O4/c1-3-22-16(20)18-10-8-17(9-11-18)12-13-4-6-14(7-5-13)15(19)21-2/h4-7H,3,8-12H2,1-2H3. The molecule has 6 heteroatoms. The van der Waals surface area contributed by atoms with Crippen LogP contribution in [0.25, 0.3) is 0 Å². The lowest BCUT2D eigenvalue weighted by molar-refractivity contribution is 0.0600. The van der Waals surface area contributed by atoms with E-state index < -0.39 is 0 Å². The third-order valence-corrected chi connectivity index (χ3v) is 3.68. The largest absolute Gasteiger partial charge is 0.465 e. The zero-order valence-corrected chi connectivity index (χ0v) is 13.1. The minimum atomic E-state index is -0.324. The minimum Gasteiger partial charge on any atom is -0.465 e. The van der Waals surface area contributed by atoms with E-state index in [1.165, 1.54) is 7.11 Å². The molecule has 2 rings (SSSR count). The van der Waals surface area contributed by atoms with E-state index in [4.69, 9.17) is 4.74 Å². The second-order valence-corrected chi connectivity index (χ2v) is 5.15. The Morgan fingerprint density at radius 2 is 1.73 bits per heavy atom. The number of esters is 1. The van der Waals surface area contributed by atoms with Crippen molar-refractivity contribution in [2.24, 2.45) is 0 Å². The van der Waals surface area contributed by atoms with Gasteiger partial charge in [-0.3, -0.25) is 4.90 Å². The highest BCUT2D eigenvalue weighted by atomic mass is 16.6. The van der Waals surface area contributed by atoms with Gasteiger partial charge in [0.25, 0.3) is 0 Å². The molecule has 120 valence electrons. The van der Waals surface area contributed by atoms with Crippen LogP contribution in [0.5, 0.6) is 0 Å². The number of hydrogen-bond donors (Lipinski definition) is 0. The summed E-state index contributed by atoms with van der Waals surface area (Å²) in [6, 6.07) is 7.42. The fraction of sp³-hybridized carbons (Fsp3) is 0.500. The van der Waals surface area contributed by atoms with E-state index in [2.05, 4.69) is 9.64 Å². The first kappa shape index (κ1) is 16.3. The number of ether oxygens (including phenoxy) is 2. The Morgan fingerprint density at radius 3 is 2.27 bits per heavy atom. The van der Waals surface area contributed by atoms with Crippen LogP contribution in [0, 0.1) is 0 Å². The van der Waals surface area contributed by atoms with Gasteiger partial charge in [-0.2, -0.15) is 0 Å². The van der Waals surface area contributed by atoms with Crippen molar-refractivity contribution >= 4 is 12.1 Å². The van der Waals surface area contributed by atoms with Gasteiger partial charge in [0.1, 0.15) is 0 Å². The molecule has 1 aromatic rings. The number of rotatable bonds is 4. The van der Waals surface area contributed by atoms with Crippen molar-refractivity contribution in [2.45, 2.75) is 13.5 Å². The maximum absolute atomic E-state index is 11.6. The first-order valence-electron chi connectivity index (χ1n) is 7.45. The molecule has 0 unspecified atom stereocenters. The number of carbonyl (C=O) groups is 2. The van der Waals surface area contributed by atoms with Crippen LogP contribution >= 0.6 is 0 Å². The third kappa shape index (κ3) is 4.21. The van der Waals surface area contributed by atoms with Gasteiger partial charge in [0.05, 0.1) is 19.3 Å². The van der Waals surface area contributed by atoms with Crippen LogP contribution in [0.3, 0.4) is 0 Å². The van der Waals surface area contributed by atoms with Crippen molar-refractivity contribution in [3.05, 3.63) is 35.4 Å². The van der Waals surface area contributed by atoms with Gasteiger partial charge in [-0.25, -0.2) is 9.59 Å². The fourth-order valence-corrected chi connectivity index (χ4v) is 2.43. The van der Waals surface area contributed by atoms with Gasteiger partial charge < -0.3 is 14.4 Å². The highest BCUT2D eigenvalue weighted by Crippen LogP contribution is 2.11. The van der Waals surface area contributed by atoms with Gasteiger partial charge in [0.15, 0.2) is 0 Å². The molecule has 0 N–H and O–H groups in total. The average molecular weight is 306 g/mol. The molecule has 1 fully saturated rings. The summed E-state index contributed by atoms with van der Waals surface area (Å²) >= 11 is 0. The van der Waals surface area contributed by atoms with Crippen LogP contribution in [0.4, 0.5) is 4.79 Å². The van der Waals surface area contributed by atoms with Gasteiger partial charge in [0.2, 0.25) is 0 Å². The normalized spacial score (nSPS) is 15.5. The summed E-state index contributed by atoms with van der Waals surface area (Å²) in [5.41, 5.74) is 1.69. The van der Waals surface area contributed by atoms with Crippen molar-refractivity contribution in [3.63, 3.8) is 0 Å². The zero-order chi connectivity index (χ0) is 15.9. The van der Waals surface area contributed by atoms with Gasteiger partial charge >= 0.3 is 12.1 Å². The molecular weight excluding hydrogens is 284 g/mol. The zero-order valence-electron chi connectivity index (χ0n) is 13.1. The first-order valence-corrected chi connectivity index (χ1v) is 7.45. The molecular formula is C16H22N2O4. The topological polar surface area (TPSA) is 59.1 Å². The van der Waals surface area contributed by atoms with E-state index in [0.29, 0.717) is 25.3 Å². The molecule has 1 saturated heterocycles. The SMILES string of the molecule is CCOC(=O)N1CCN(Cc2ccc(C(=O)OC)cc2)CC1. The lowest BCUT2D eigenvalue weighted by atomic mass is 10.1. The highest BCUT2D eigenvalue weighted by Gasteiger charge is 2.21. The fourth-order valence-electron chi connectivity index (χ4n) is 2.43. The minimum absolute atomic E-state index is 0.232. The number of nitrogens with zero attached hydrogens (tertiary/aromatic N) is 2. The summed E-state index contributed by atoms with van der Waals surface area (Å²) in [5, 5.41) is 0. The Labute approximate surface area is 130 Å². The van der Waals surface area contributed by atoms with Crippen LogP contribution in [0.1, 0.15) is 22.8 Å². The molecule has 0 atom stereocenters. The summed E-state index contributed by atoms with van der Waals surface area (Å²) in [7, 11) is 1.37. The van der Waals surface area contributed by atoms with Crippen LogP contribution in [0.15, 0.2) is 24.3 Å². The molecule has 22 heavy (non-hydrogen) atoms. The van der Waals surface area contributed by atoms with Crippen molar-refractivity contribution < 1.29 is 19.1 Å². The molecule has 0 saturated carbocycles. The Hall–Kier alpha value is -2.08. The first-order chi connectivity index (χ1) is 10.6. The van der Waals surface area contributed by atoms with E-state index in [9.17, 15) is 9.59 Å². The lowest BCUT2D eigenvalue weighted by Crippen LogP contribution is -2.48. The Balaban J connectivity index is 1.83. The van der Waals surface area contributed by atoms with Crippen LogP contribution in [-0.2, 0) is 16.0 Å². The van der Waals surface area contributed by atoms with E-state index in [0.717, 1.165) is 25.2 Å². The summed E-state index contributed by atoms with van der Waals surface area (Å²) < 4.78 is 9.69. The molecule has 1 amide bonds. The summed E-state index contributed by atoms with van der Waals surface area (Å²) in [6.45, 7) is 6.02. The third-order valence-electron chi connectivity index (χ3n) is 3.68. The number of carbonyl (C=O) groups excluding carboxylic acids is 2. The quantitative estimate of drug-likeness (QED) is 0.793. The van der Waals surface area contributed by atoms with Crippen LogP contribution < -0.4 is 0 Å². The lowest BCUT2D eigenvalue weighted by Gasteiger charge is -2.34. The van der Waals surface area contributed by atoms with Gasteiger partial charge in [-0.15, -0.1) is 0 Å². The maximum Gasteiger partial charge on any atom is 0.409 e. The molecule has 0 bridgehead atoms. The molecule has 1 aliphatic heterocycles. The molecule has 0 aliphatic carbocycles. The highest BCUT2D eigenvalue weighted by molar-refractivity contribution is 5.89. The van der Waals surface area contributed by atoms with E-state index >= 15 is 0 Å². The number of methoxy groups -OCH3 is 1. The van der Waals surface area contributed by atoms with Gasteiger partial charge in [-0.05, 0) is 24.6 Å². The van der Waals surface area contributed by atoms with Gasteiger partial charge in [0, 0.05) is 32.7 Å². The summed E-state index contributed by atoms with van der Waals surface area (Å²) in [5.74, 6) is -0.324. The number of piperazine rings is 1. The molecule has 0 spiro atoms. The molecule has 1 aromatic carbocycles. The van der Waals surface area contributed by atoms with Crippen molar-refractivity contribution in [3.8, 4) is 0 Å². The summed E-state index contributed by atoms with van der Waals surface area (Å²) in [6.07, 6.45) is -0.232. The monoisotopic (exact) mass is 306 g/mol. The Morgan fingerprint density at radius 1 is 1.09 bits per heavy atom. The molecule has 0 aromatic heterocycles. The second kappa shape index (κ2) is 7.79. The predicted molar refractivity (Wildman–Crippen MR) is 81.7 cm³/mol. The Kier molecular flexibility index (Phi) is 5.77. The predicted octanol–water partition coefficient (Wildman–Crippen LogP) is 1.75.